The van der Waals surface area contributed by atoms with Crippen LogP contribution in [0, 0.1) is 10.1 Å². The van der Waals surface area contributed by atoms with Crippen molar-refractivity contribution in [1.29, 1.82) is 0 Å². The third kappa shape index (κ3) is 3.53. The van der Waals surface area contributed by atoms with Crippen LogP contribution in [0.4, 0.5) is 11.5 Å². The Morgan fingerprint density at radius 3 is 2.61 bits per heavy atom. The molecule has 0 aliphatic carbocycles. The summed E-state index contributed by atoms with van der Waals surface area (Å²) in [6, 6.07) is 2.07. The third-order valence-electron chi connectivity index (χ3n) is 4.68. The number of methoxy groups -OCH3 is 1. The van der Waals surface area contributed by atoms with Crippen molar-refractivity contribution < 1.29 is 9.66 Å². The summed E-state index contributed by atoms with van der Waals surface area (Å²) in [6.07, 6.45) is 3.48. The highest BCUT2D eigenvalue weighted by molar-refractivity contribution is 5.56. The summed E-state index contributed by atoms with van der Waals surface area (Å²) in [7, 11) is 1.53. The standard InChI is InChI=1S/C15H23N5O3/c1-23-14-10-13(20(21)22)11-17-15(14)19-6-2-12(3-7-19)18-8-4-16-5-9-18/h10-12,16H,2-9H2,1H3. The van der Waals surface area contributed by atoms with Gasteiger partial charge in [0.2, 0.25) is 0 Å². The normalized spacial score (nSPS) is 20.5. The Hall–Kier alpha value is -1.93. The van der Waals surface area contributed by atoms with E-state index in [-0.39, 0.29) is 5.69 Å². The molecule has 8 nitrogen and oxygen atoms in total. The molecule has 126 valence electrons. The number of rotatable bonds is 4. The van der Waals surface area contributed by atoms with E-state index in [1.54, 1.807) is 0 Å². The van der Waals surface area contributed by atoms with Crippen LogP contribution in [0.25, 0.3) is 0 Å². The number of nitrogens with one attached hydrogen (secondary N) is 1. The van der Waals surface area contributed by atoms with Crippen LogP contribution in [0.3, 0.4) is 0 Å². The zero-order valence-electron chi connectivity index (χ0n) is 13.4. The molecule has 0 aromatic carbocycles. The van der Waals surface area contributed by atoms with Crippen LogP contribution in [0.15, 0.2) is 12.3 Å². The monoisotopic (exact) mass is 321 g/mol. The lowest BCUT2D eigenvalue weighted by molar-refractivity contribution is -0.385. The summed E-state index contributed by atoms with van der Waals surface area (Å²) < 4.78 is 5.31. The Kier molecular flexibility index (Phi) is 4.92. The lowest BCUT2D eigenvalue weighted by atomic mass is 10.0. The van der Waals surface area contributed by atoms with E-state index in [2.05, 4.69) is 20.1 Å². The number of piperidine rings is 1. The first-order chi connectivity index (χ1) is 11.2. The molecule has 1 aromatic heterocycles. The van der Waals surface area contributed by atoms with Crippen LogP contribution < -0.4 is 15.0 Å². The molecule has 23 heavy (non-hydrogen) atoms. The molecule has 0 spiro atoms. The molecule has 1 aromatic rings. The number of ether oxygens (including phenoxy) is 1. The summed E-state index contributed by atoms with van der Waals surface area (Å²) in [4.78, 5) is 19.4. The summed E-state index contributed by atoms with van der Waals surface area (Å²) >= 11 is 0. The summed E-state index contributed by atoms with van der Waals surface area (Å²) in [5, 5.41) is 14.2. The fraction of sp³-hybridized carbons (Fsp3) is 0.667. The van der Waals surface area contributed by atoms with Gasteiger partial charge in [-0.2, -0.15) is 0 Å². The van der Waals surface area contributed by atoms with E-state index in [1.807, 2.05) is 0 Å². The van der Waals surface area contributed by atoms with Crippen molar-refractivity contribution in [2.45, 2.75) is 18.9 Å². The van der Waals surface area contributed by atoms with Crippen molar-refractivity contribution in [1.82, 2.24) is 15.2 Å². The van der Waals surface area contributed by atoms with E-state index >= 15 is 0 Å². The molecule has 1 N–H and O–H groups in total. The van der Waals surface area contributed by atoms with Crippen molar-refractivity contribution in [3.05, 3.63) is 22.4 Å². The van der Waals surface area contributed by atoms with Gasteiger partial charge in [-0.25, -0.2) is 4.98 Å². The lowest BCUT2D eigenvalue weighted by Gasteiger charge is -2.40. The maximum absolute atomic E-state index is 10.9. The van der Waals surface area contributed by atoms with Gasteiger partial charge in [-0.3, -0.25) is 15.0 Å². The number of hydrogen-bond acceptors (Lipinski definition) is 7. The van der Waals surface area contributed by atoms with Crippen LogP contribution in [0.5, 0.6) is 5.75 Å². The van der Waals surface area contributed by atoms with E-state index in [1.165, 1.54) is 19.4 Å². The third-order valence-corrected chi connectivity index (χ3v) is 4.68. The van der Waals surface area contributed by atoms with Gasteiger partial charge in [-0.15, -0.1) is 0 Å². The van der Waals surface area contributed by atoms with E-state index in [0.29, 0.717) is 17.6 Å². The molecule has 2 aliphatic rings. The largest absolute Gasteiger partial charge is 0.493 e. The van der Waals surface area contributed by atoms with Gasteiger partial charge in [0.05, 0.1) is 18.1 Å². The van der Waals surface area contributed by atoms with Crippen molar-refractivity contribution in [2.75, 3.05) is 51.3 Å². The van der Waals surface area contributed by atoms with Crippen LogP contribution in [0.1, 0.15) is 12.8 Å². The van der Waals surface area contributed by atoms with Gasteiger partial charge < -0.3 is 15.0 Å². The van der Waals surface area contributed by atoms with Gasteiger partial charge in [-0.05, 0) is 12.8 Å². The Morgan fingerprint density at radius 1 is 1.30 bits per heavy atom. The highest BCUT2D eigenvalue weighted by Crippen LogP contribution is 2.31. The molecule has 0 amide bonds. The molecule has 0 atom stereocenters. The number of pyridine rings is 1. The van der Waals surface area contributed by atoms with E-state index in [9.17, 15) is 10.1 Å². The fourth-order valence-corrected chi connectivity index (χ4v) is 3.40. The predicted octanol–water partition coefficient (Wildman–Crippen LogP) is 0.872. The maximum Gasteiger partial charge on any atom is 0.291 e. The van der Waals surface area contributed by atoms with Crippen molar-refractivity contribution in [3.8, 4) is 5.75 Å². The molecule has 3 heterocycles. The summed E-state index contributed by atoms with van der Waals surface area (Å²) in [5.74, 6) is 1.18. The number of nitro groups is 1. The maximum atomic E-state index is 10.9. The van der Waals surface area contributed by atoms with Crippen molar-refractivity contribution in [3.63, 3.8) is 0 Å². The topological polar surface area (TPSA) is 83.8 Å². The zero-order valence-corrected chi connectivity index (χ0v) is 13.4. The van der Waals surface area contributed by atoms with Crippen molar-refractivity contribution >= 4 is 11.5 Å². The molecule has 8 heteroatoms. The Labute approximate surface area is 135 Å². The zero-order chi connectivity index (χ0) is 16.2. The molecule has 0 bridgehead atoms. The summed E-state index contributed by atoms with van der Waals surface area (Å²) in [5.41, 5.74) is -0.0405. The second-order valence-electron chi connectivity index (χ2n) is 5.98. The second kappa shape index (κ2) is 7.10. The number of piperazine rings is 1. The van der Waals surface area contributed by atoms with Crippen molar-refractivity contribution in [2.24, 2.45) is 0 Å². The van der Waals surface area contributed by atoms with E-state index < -0.39 is 4.92 Å². The number of hydrogen-bond donors (Lipinski definition) is 1. The quantitative estimate of drug-likeness (QED) is 0.651. The van der Waals surface area contributed by atoms with Gasteiger partial charge >= 0.3 is 0 Å². The van der Waals surface area contributed by atoms with Gasteiger partial charge in [0, 0.05) is 45.3 Å². The average Bonchev–Trinajstić information content (AvgIpc) is 2.62. The minimum absolute atomic E-state index is 0.0405. The Morgan fingerprint density at radius 2 is 2.00 bits per heavy atom. The van der Waals surface area contributed by atoms with Crippen LogP contribution in [0.2, 0.25) is 0 Å². The van der Waals surface area contributed by atoms with Crippen LogP contribution in [-0.4, -0.2) is 67.2 Å². The predicted molar refractivity (Wildman–Crippen MR) is 87.1 cm³/mol. The Bertz CT molecular complexity index is 554. The highest BCUT2D eigenvalue weighted by Gasteiger charge is 2.27. The Balaban J connectivity index is 1.66. The first-order valence-corrected chi connectivity index (χ1v) is 8.07. The molecule has 0 saturated carbocycles. The molecule has 0 unspecified atom stereocenters. The van der Waals surface area contributed by atoms with Gasteiger partial charge in [0.1, 0.15) is 6.20 Å². The fourth-order valence-electron chi connectivity index (χ4n) is 3.40. The molecule has 2 aliphatic heterocycles. The van der Waals surface area contributed by atoms with E-state index in [0.717, 1.165) is 52.1 Å². The minimum atomic E-state index is -0.448. The summed E-state index contributed by atoms with van der Waals surface area (Å²) in [6.45, 7) is 6.16. The van der Waals surface area contributed by atoms with Gasteiger partial charge in [0.15, 0.2) is 11.6 Å². The van der Waals surface area contributed by atoms with Gasteiger partial charge in [0.25, 0.3) is 5.69 Å². The van der Waals surface area contributed by atoms with Crippen LogP contribution >= 0.6 is 0 Å². The smallest absolute Gasteiger partial charge is 0.291 e. The number of aromatic nitrogens is 1. The molecule has 2 fully saturated rings. The number of anilines is 1. The minimum Gasteiger partial charge on any atom is -0.493 e. The lowest BCUT2D eigenvalue weighted by Crippen LogP contribution is -2.52. The molecular formula is C15H23N5O3. The van der Waals surface area contributed by atoms with E-state index in [4.69, 9.17) is 4.74 Å². The average molecular weight is 321 g/mol. The SMILES string of the molecule is COc1cc([N+](=O)[O-])cnc1N1CCC(N2CCNCC2)CC1. The molecule has 2 saturated heterocycles. The van der Waals surface area contributed by atoms with Crippen LogP contribution in [-0.2, 0) is 0 Å². The van der Waals surface area contributed by atoms with Gasteiger partial charge in [-0.1, -0.05) is 0 Å². The highest BCUT2D eigenvalue weighted by atomic mass is 16.6. The first kappa shape index (κ1) is 15.9. The molecule has 3 rings (SSSR count). The second-order valence-corrected chi connectivity index (χ2v) is 5.98. The molecule has 0 radical (unpaired) electrons. The number of nitrogens with zero attached hydrogens (tertiary/aromatic N) is 4. The molecular weight excluding hydrogens is 298 g/mol. The first-order valence-electron chi connectivity index (χ1n) is 8.07.